The fraction of sp³-hybridized carbons (Fsp3) is 0.500. The van der Waals surface area contributed by atoms with Gasteiger partial charge in [0.2, 0.25) is 0 Å². The Balaban J connectivity index is 0.00000196. The molecule has 1 aliphatic rings. The molecule has 0 fully saturated rings. The van der Waals surface area contributed by atoms with Crippen LogP contribution in [0.4, 0.5) is 0 Å². The second-order valence-electron chi connectivity index (χ2n) is 3.12. The Bertz CT molecular complexity index is 258. The van der Waals surface area contributed by atoms with Crippen LogP contribution in [0, 0.1) is 0 Å². The maximum Gasteiger partial charge on any atom is 1.00 e. The summed E-state index contributed by atoms with van der Waals surface area (Å²) >= 11 is 0. The molecular weight excluding hydrogens is 372 g/mol. The predicted molar refractivity (Wildman–Crippen MR) is 50.0 cm³/mol. The van der Waals surface area contributed by atoms with Crippen LogP contribution in [0.3, 0.4) is 0 Å². The van der Waals surface area contributed by atoms with Crippen LogP contribution in [0.1, 0.15) is 25.7 Å². The molecule has 0 aliphatic carbocycles. The third-order valence-corrected chi connectivity index (χ3v) is 2.06. The van der Waals surface area contributed by atoms with Gasteiger partial charge in [0.1, 0.15) is 0 Å². The Morgan fingerprint density at radius 1 is 1.07 bits per heavy atom. The molecule has 0 aromatic rings. The van der Waals surface area contributed by atoms with Gasteiger partial charge in [-0.15, -0.1) is 0 Å². The van der Waals surface area contributed by atoms with Gasteiger partial charge in [0.25, 0.3) is 11.8 Å². The number of rotatable bonds is 6. The summed E-state index contributed by atoms with van der Waals surface area (Å²) in [5.74, 6) is -0.478. The van der Waals surface area contributed by atoms with E-state index in [2.05, 4.69) is 0 Å². The molecule has 2 amide bonds. The Labute approximate surface area is 102 Å². The van der Waals surface area contributed by atoms with E-state index in [1.54, 1.807) is 6.29 Å². The van der Waals surface area contributed by atoms with Gasteiger partial charge >= 0.3 is 19.8 Å². The van der Waals surface area contributed by atoms with Crippen molar-refractivity contribution in [1.29, 1.82) is 0 Å². The number of unbranched alkanes of at least 4 members (excludes halogenated alkanes) is 3. The van der Waals surface area contributed by atoms with Crippen molar-refractivity contribution in [1.82, 2.24) is 4.90 Å². The van der Waals surface area contributed by atoms with Gasteiger partial charge in [-0.25, -0.2) is 0 Å². The molecule has 0 spiro atoms. The zero-order chi connectivity index (χ0) is 10.4. The first-order valence-corrected chi connectivity index (χ1v) is 4.64. The average molecular weight is 384 g/mol. The van der Waals surface area contributed by atoms with Gasteiger partial charge in [0, 0.05) is 18.7 Å². The monoisotopic (exact) mass is 386 g/mol. The van der Waals surface area contributed by atoms with Crippen LogP contribution in [0.25, 0.3) is 0 Å². The fourth-order valence-corrected chi connectivity index (χ4v) is 1.30. The van der Waals surface area contributed by atoms with Crippen LogP contribution >= 0.6 is 0 Å². The second-order valence-corrected chi connectivity index (χ2v) is 3.12. The third kappa shape index (κ3) is 4.48. The number of hydrogen-bond donors (Lipinski definition) is 0. The fourth-order valence-electron chi connectivity index (χ4n) is 1.30. The van der Waals surface area contributed by atoms with Gasteiger partial charge in [0.05, 0.1) is 0 Å². The average Bonchev–Trinajstić information content (AvgIpc) is 2.48. The quantitative estimate of drug-likeness (QED) is 0.382. The number of amides is 2. The van der Waals surface area contributed by atoms with Crippen molar-refractivity contribution in [2.45, 2.75) is 25.7 Å². The van der Waals surface area contributed by atoms with E-state index in [1.165, 1.54) is 17.1 Å². The zero-order valence-electron chi connectivity index (χ0n) is 8.22. The van der Waals surface area contributed by atoms with Crippen molar-refractivity contribution in [2.75, 3.05) is 6.54 Å². The number of hydrogen-bond acceptors (Lipinski definition) is 3. The molecule has 5 heteroatoms. The first-order valence-electron chi connectivity index (χ1n) is 4.64. The van der Waals surface area contributed by atoms with Crippen LogP contribution in [0.15, 0.2) is 12.2 Å². The van der Waals surface area contributed by atoms with Crippen molar-refractivity contribution < 1.29 is 34.2 Å². The van der Waals surface area contributed by atoms with E-state index in [-0.39, 0.29) is 31.6 Å². The van der Waals surface area contributed by atoms with E-state index >= 15 is 0 Å². The van der Waals surface area contributed by atoms with Gasteiger partial charge in [-0.3, -0.25) is 20.8 Å². The van der Waals surface area contributed by atoms with E-state index in [1.807, 2.05) is 0 Å². The van der Waals surface area contributed by atoms with Gasteiger partial charge in [-0.1, -0.05) is 12.8 Å². The molecule has 0 aromatic carbocycles. The Hall–Kier alpha value is -0.814. The van der Waals surface area contributed by atoms with E-state index in [9.17, 15) is 14.4 Å². The van der Waals surface area contributed by atoms with Crippen molar-refractivity contribution in [3.05, 3.63) is 12.2 Å². The molecule has 0 saturated carbocycles. The third-order valence-electron chi connectivity index (χ3n) is 2.06. The van der Waals surface area contributed by atoms with E-state index < -0.39 is 0 Å². The summed E-state index contributed by atoms with van der Waals surface area (Å²) in [7, 11) is 0. The smallest absolute Gasteiger partial charge is 0.542 e. The molecule has 0 bridgehead atoms. The largest absolute Gasteiger partial charge is 1.00 e. The molecule has 0 N–H and O–H groups in total. The minimum atomic E-state index is -0.239. The first kappa shape index (κ1) is 14.2. The van der Waals surface area contributed by atoms with Crippen molar-refractivity contribution in [2.24, 2.45) is 0 Å². The van der Waals surface area contributed by atoms with Crippen LogP contribution in [0.5, 0.6) is 0 Å². The molecule has 83 valence electrons. The van der Waals surface area contributed by atoms with E-state index in [0.29, 0.717) is 13.0 Å². The predicted octanol–water partition coefficient (Wildman–Crippen LogP) is 0.579. The molecule has 1 heterocycles. The molecule has 15 heavy (non-hydrogen) atoms. The summed E-state index contributed by atoms with van der Waals surface area (Å²) in [6.45, 7) is 0.448. The number of nitrogens with zero attached hydrogens (tertiary/aromatic N) is 1. The molecule has 0 atom stereocenters. The number of imide groups is 1. The zero-order valence-corrected chi connectivity index (χ0v) is 10.8. The van der Waals surface area contributed by atoms with Gasteiger partial charge < -0.3 is 4.79 Å². The van der Waals surface area contributed by atoms with E-state index in [4.69, 9.17) is 0 Å². The van der Waals surface area contributed by atoms with Crippen LogP contribution in [-0.4, -0.2) is 29.5 Å². The minimum absolute atomic E-state index is 0. The summed E-state index contributed by atoms with van der Waals surface area (Å²) in [5.41, 5.74) is 0. The Morgan fingerprint density at radius 3 is 2.20 bits per heavy atom. The van der Waals surface area contributed by atoms with Gasteiger partial charge in [0.15, 0.2) is 0 Å². The molecular formula is C10H12NO3Os. The van der Waals surface area contributed by atoms with Crippen LogP contribution < -0.4 is 0 Å². The van der Waals surface area contributed by atoms with Gasteiger partial charge in [-0.2, -0.15) is 6.42 Å². The van der Waals surface area contributed by atoms with Crippen LogP contribution in [0.2, 0.25) is 0 Å². The normalized spacial score (nSPS) is 14.3. The van der Waals surface area contributed by atoms with Crippen molar-refractivity contribution in [3.8, 4) is 0 Å². The maximum atomic E-state index is 11.1. The minimum Gasteiger partial charge on any atom is -0.542 e. The molecule has 0 aromatic heterocycles. The SMILES string of the molecule is O=[C-]CCCCCN1C(=O)C=CC1=O.[Os+]. The summed E-state index contributed by atoms with van der Waals surface area (Å²) in [6.07, 6.45) is 7.15. The molecule has 1 radical (unpaired) electrons. The van der Waals surface area contributed by atoms with Crippen molar-refractivity contribution in [3.63, 3.8) is 0 Å². The number of carbonyl (C=O) groups is 2. The first-order chi connectivity index (χ1) is 6.75. The standard InChI is InChI=1S/C10H12NO3.Os/c12-8-4-2-1-3-7-11-9(13)5-6-10(11)14;/h5-6H,1-4,7H2;/q-1;+1. The van der Waals surface area contributed by atoms with E-state index in [0.717, 1.165) is 19.3 Å². The summed E-state index contributed by atoms with van der Waals surface area (Å²) in [4.78, 5) is 33.2. The molecule has 4 nitrogen and oxygen atoms in total. The van der Waals surface area contributed by atoms with Crippen LogP contribution in [-0.2, 0) is 34.2 Å². The molecule has 1 aliphatic heterocycles. The summed E-state index contributed by atoms with van der Waals surface area (Å²) in [5, 5.41) is 0. The molecule has 0 unspecified atom stereocenters. The Kier molecular flexibility index (Phi) is 7.07. The van der Waals surface area contributed by atoms with Crippen molar-refractivity contribution >= 4 is 18.1 Å². The summed E-state index contributed by atoms with van der Waals surface area (Å²) in [6, 6.07) is 0. The maximum absolute atomic E-state index is 11.1. The second kappa shape index (κ2) is 7.47. The molecule has 0 saturated heterocycles. The number of carbonyl (C=O) groups excluding carboxylic acids is 3. The topological polar surface area (TPSA) is 54.5 Å². The summed E-state index contributed by atoms with van der Waals surface area (Å²) < 4.78 is 0. The molecule has 1 rings (SSSR count). The van der Waals surface area contributed by atoms with Gasteiger partial charge in [-0.05, 0) is 6.42 Å². The Morgan fingerprint density at radius 2 is 1.67 bits per heavy atom.